The van der Waals surface area contributed by atoms with Gasteiger partial charge in [-0.05, 0) is 32.6 Å². The van der Waals surface area contributed by atoms with Gasteiger partial charge in [-0.3, -0.25) is 14.8 Å². The molecule has 2 aromatic rings. The molecule has 0 aliphatic carbocycles. The van der Waals surface area contributed by atoms with Gasteiger partial charge in [0.1, 0.15) is 0 Å². The minimum Gasteiger partial charge on any atom is -0.337 e. The van der Waals surface area contributed by atoms with Gasteiger partial charge in [-0.25, -0.2) is 0 Å². The summed E-state index contributed by atoms with van der Waals surface area (Å²) >= 11 is 0. The van der Waals surface area contributed by atoms with Crippen molar-refractivity contribution in [3.63, 3.8) is 0 Å². The monoisotopic (exact) mass is 296 g/mol. The average Bonchev–Trinajstić information content (AvgIpc) is 3.05. The number of aromatic nitrogens is 2. The summed E-state index contributed by atoms with van der Waals surface area (Å²) in [5, 5.41) is 0. The predicted molar refractivity (Wildman–Crippen MR) is 85.5 cm³/mol. The Bertz CT molecular complexity index is 657. The van der Waals surface area contributed by atoms with Gasteiger partial charge in [0, 0.05) is 42.7 Å². The molecular weight excluding hydrogens is 276 g/mol. The highest BCUT2D eigenvalue weighted by Gasteiger charge is 2.28. The molecule has 114 valence electrons. The fourth-order valence-corrected chi connectivity index (χ4v) is 2.79. The molecule has 0 N–H and O–H groups in total. The molecule has 0 spiro atoms. The second kappa shape index (κ2) is 6.23. The summed E-state index contributed by atoms with van der Waals surface area (Å²) < 4.78 is 0. The molecule has 1 aromatic heterocycles. The zero-order chi connectivity index (χ0) is 15.5. The summed E-state index contributed by atoms with van der Waals surface area (Å²) in [6, 6.07) is 8.07. The Morgan fingerprint density at radius 2 is 2.18 bits per heavy atom. The highest BCUT2D eigenvalue weighted by molar-refractivity contribution is 5.95. The Morgan fingerprint density at radius 1 is 1.32 bits per heavy atom. The van der Waals surface area contributed by atoms with Crippen molar-refractivity contribution >= 4 is 5.91 Å². The molecule has 1 aromatic carbocycles. The lowest BCUT2D eigenvalue weighted by Crippen LogP contribution is -2.34. The number of amides is 1. The lowest BCUT2D eigenvalue weighted by molar-refractivity contribution is 0.0783. The van der Waals surface area contributed by atoms with Crippen molar-refractivity contribution in [1.82, 2.24) is 19.8 Å². The van der Waals surface area contributed by atoms with E-state index in [0.29, 0.717) is 11.6 Å². The minimum atomic E-state index is 0.0927. The highest BCUT2D eigenvalue weighted by atomic mass is 16.2. The molecule has 3 rings (SSSR count). The third-order valence-corrected chi connectivity index (χ3v) is 4.15. The summed E-state index contributed by atoms with van der Waals surface area (Å²) in [4.78, 5) is 25.2. The molecule has 0 saturated carbocycles. The van der Waals surface area contributed by atoms with Crippen LogP contribution in [0.3, 0.4) is 0 Å². The van der Waals surface area contributed by atoms with E-state index in [1.165, 1.54) is 0 Å². The molecular formula is C17H20N4O. The van der Waals surface area contributed by atoms with Crippen molar-refractivity contribution in [3.05, 3.63) is 48.4 Å². The van der Waals surface area contributed by atoms with E-state index in [1.54, 1.807) is 18.6 Å². The number of rotatable bonds is 3. The van der Waals surface area contributed by atoms with Gasteiger partial charge in [0.2, 0.25) is 0 Å². The van der Waals surface area contributed by atoms with Crippen LogP contribution in [0, 0.1) is 0 Å². The maximum atomic E-state index is 12.7. The lowest BCUT2D eigenvalue weighted by Gasteiger charge is -2.20. The molecule has 5 nitrogen and oxygen atoms in total. The first-order chi connectivity index (χ1) is 10.6. The molecule has 2 heterocycles. The van der Waals surface area contributed by atoms with Gasteiger partial charge in [0.05, 0.1) is 11.9 Å². The van der Waals surface area contributed by atoms with E-state index < -0.39 is 0 Å². The van der Waals surface area contributed by atoms with Gasteiger partial charge in [0.15, 0.2) is 0 Å². The van der Waals surface area contributed by atoms with Crippen molar-refractivity contribution in [1.29, 1.82) is 0 Å². The first kappa shape index (κ1) is 14.7. The summed E-state index contributed by atoms with van der Waals surface area (Å²) in [5.41, 5.74) is 2.41. The molecule has 1 aliphatic heterocycles. The summed E-state index contributed by atoms with van der Waals surface area (Å²) in [7, 11) is 4.13. The standard InChI is InChI=1S/C17H20N4O/c1-20(2)15-6-9-21(12-15)17(22)14-5-3-4-13(10-14)16-11-18-7-8-19-16/h3-5,7-8,10-11,15H,6,9,12H2,1-2H3/t15-/m0/s1. The lowest BCUT2D eigenvalue weighted by atomic mass is 10.1. The van der Waals surface area contributed by atoms with Crippen molar-refractivity contribution in [3.8, 4) is 11.3 Å². The fourth-order valence-electron chi connectivity index (χ4n) is 2.79. The van der Waals surface area contributed by atoms with E-state index in [-0.39, 0.29) is 5.91 Å². The fraction of sp³-hybridized carbons (Fsp3) is 0.353. The third kappa shape index (κ3) is 2.99. The first-order valence-corrected chi connectivity index (χ1v) is 7.47. The Balaban J connectivity index is 1.79. The topological polar surface area (TPSA) is 49.3 Å². The number of likely N-dealkylation sites (N-methyl/N-ethyl adjacent to an activating group) is 1. The van der Waals surface area contributed by atoms with Gasteiger partial charge in [-0.15, -0.1) is 0 Å². The van der Waals surface area contributed by atoms with Crippen molar-refractivity contribution in [2.45, 2.75) is 12.5 Å². The van der Waals surface area contributed by atoms with E-state index in [4.69, 9.17) is 0 Å². The van der Waals surface area contributed by atoms with Crippen LogP contribution in [0.4, 0.5) is 0 Å². The molecule has 0 radical (unpaired) electrons. The quantitative estimate of drug-likeness (QED) is 0.868. The Hall–Kier alpha value is -2.27. The SMILES string of the molecule is CN(C)[C@H]1CCN(C(=O)c2cccc(-c3cnccn3)c2)C1. The van der Waals surface area contributed by atoms with E-state index in [2.05, 4.69) is 29.0 Å². The van der Waals surface area contributed by atoms with Crippen molar-refractivity contribution in [2.24, 2.45) is 0 Å². The van der Waals surface area contributed by atoms with Gasteiger partial charge >= 0.3 is 0 Å². The molecule has 0 bridgehead atoms. The predicted octanol–water partition coefficient (Wildman–Crippen LogP) is 1.92. The second-order valence-electron chi connectivity index (χ2n) is 5.83. The average molecular weight is 296 g/mol. The van der Waals surface area contributed by atoms with E-state index in [0.717, 1.165) is 30.8 Å². The first-order valence-electron chi connectivity index (χ1n) is 7.47. The minimum absolute atomic E-state index is 0.0927. The highest BCUT2D eigenvalue weighted by Crippen LogP contribution is 2.20. The van der Waals surface area contributed by atoms with Gasteiger partial charge < -0.3 is 9.80 Å². The molecule has 22 heavy (non-hydrogen) atoms. The smallest absolute Gasteiger partial charge is 0.253 e. The maximum Gasteiger partial charge on any atom is 0.253 e. The van der Waals surface area contributed by atoms with Crippen LogP contribution >= 0.6 is 0 Å². The molecule has 1 amide bonds. The van der Waals surface area contributed by atoms with E-state index >= 15 is 0 Å². The van der Waals surface area contributed by atoms with Gasteiger partial charge in [-0.1, -0.05) is 12.1 Å². The van der Waals surface area contributed by atoms with Gasteiger partial charge in [-0.2, -0.15) is 0 Å². The number of likely N-dealkylation sites (tertiary alicyclic amines) is 1. The maximum absolute atomic E-state index is 12.7. The molecule has 1 aliphatic rings. The summed E-state index contributed by atoms with van der Waals surface area (Å²) in [5.74, 6) is 0.0927. The van der Waals surface area contributed by atoms with Crippen LogP contribution in [-0.4, -0.2) is 58.9 Å². The van der Waals surface area contributed by atoms with Crippen LogP contribution < -0.4 is 0 Å². The largest absolute Gasteiger partial charge is 0.337 e. The van der Waals surface area contributed by atoms with Crippen LogP contribution in [0.15, 0.2) is 42.9 Å². The Morgan fingerprint density at radius 3 is 2.86 bits per heavy atom. The molecule has 0 unspecified atom stereocenters. The number of nitrogens with zero attached hydrogens (tertiary/aromatic N) is 4. The number of carbonyl (C=O) groups is 1. The van der Waals surface area contributed by atoms with Crippen LogP contribution in [0.1, 0.15) is 16.8 Å². The van der Waals surface area contributed by atoms with Crippen LogP contribution in [0.5, 0.6) is 0 Å². The number of hydrogen-bond acceptors (Lipinski definition) is 4. The Kier molecular flexibility index (Phi) is 4.15. The number of carbonyl (C=O) groups excluding carboxylic acids is 1. The van der Waals surface area contributed by atoms with Crippen LogP contribution in [-0.2, 0) is 0 Å². The molecule has 1 saturated heterocycles. The number of benzene rings is 1. The van der Waals surface area contributed by atoms with Crippen LogP contribution in [0.25, 0.3) is 11.3 Å². The zero-order valence-electron chi connectivity index (χ0n) is 12.9. The third-order valence-electron chi connectivity index (χ3n) is 4.15. The summed E-state index contributed by atoms with van der Waals surface area (Å²) in [6.07, 6.45) is 6.04. The van der Waals surface area contributed by atoms with Crippen molar-refractivity contribution in [2.75, 3.05) is 27.2 Å². The molecule has 1 atom stereocenters. The Labute approximate surface area is 130 Å². The normalized spacial score (nSPS) is 18.0. The van der Waals surface area contributed by atoms with Crippen LogP contribution in [0.2, 0.25) is 0 Å². The zero-order valence-corrected chi connectivity index (χ0v) is 12.9. The van der Waals surface area contributed by atoms with E-state index in [1.807, 2.05) is 29.2 Å². The summed E-state index contributed by atoms with van der Waals surface area (Å²) in [6.45, 7) is 1.61. The van der Waals surface area contributed by atoms with Gasteiger partial charge in [0.25, 0.3) is 5.91 Å². The second-order valence-corrected chi connectivity index (χ2v) is 5.83. The molecule has 5 heteroatoms. The van der Waals surface area contributed by atoms with Crippen molar-refractivity contribution < 1.29 is 4.79 Å². The number of hydrogen-bond donors (Lipinski definition) is 0. The van der Waals surface area contributed by atoms with E-state index in [9.17, 15) is 4.79 Å². The molecule has 1 fully saturated rings.